The van der Waals surface area contributed by atoms with Crippen LogP contribution in [0.25, 0.3) is 0 Å². The van der Waals surface area contributed by atoms with Crippen LogP contribution in [0.4, 0.5) is 0 Å². The molecule has 16 heavy (non-hydrogen) atoms. The van der Waals surface area contributed by atoms with E-state index in [9.17, 15) is 4.79 Å². The molecule has 1 rings (SSSR count). The van der Waals surface area contributed by atoms with Crippen molar-refractivity contribution in [1.29, 1.82) is 0 Å². The molecule has 1 aliphatic rings. The summed E-state index contributed by atoms with van der Waals surface area (Å²) in [4.78, 5) is 13.5. The van der Waals surface area contributed by atoms with Crippen LogP contribution in [0.2, 0.25) is 0 Å². The normalized spacial score (nSPS) is 24.1. The number of rotatable bonds is 5. The van der Waals surface area contributed by atoms with Crippen molar-refractivity contribution < 1.29 is 9.53 Å². The molecule has 0 spiro atoms. The van der Waals surface area contributed by atoms with E-state index < -0.39 is 0 Å². The Balaban J connectivity index is 2.37. The van der Waals surface area contributed by atoms with E-state index in [1.807, 2.05) is 6.92 Å². The van der Waals surface area contributed by atoms with Crippen molar-refractivity contribution in [2.75, 3.05) is 19.7 Å². The molecular formula is C11H23N3O2. The zero-order valence-electron chi connectivity index (χ0n) is 10.2. The zero-order chi connectivity index (χ0) is 12.0. The Morgan fingerprint density at radius 3 is 3.06 bits per heavy atom. The van der Waals surface area contributed by atoms with E-state index in [1.165, 1.54) is 0 Å². The van der Waals surface area contributed by atoms with Gasteiger partial charge in [0.2, 0.25) is 5.91 Å². The van der Waals surface area contributed by atoms with Crippen LogP contribution in [0, 0.1) is 0 Å². The fraction of sp³-hybridized carbons (Fsp3) is 0.909. The van der Waals surface area contributed by atoms with Crippen molar-refractivity contribution in [2.45, 2.75) is 45.3 Å². The number of carbonyl (C=O) groups excluding carboxylic acids is 1. The largest absolute Gasteiger partial charge is 0.377 e. The van der Waals surface area contributed by atoms with E-state index in [0.717, 1.165) is 32.5 Å². The number of hydrazine groups is 1. The lowest BCUT2D eigenvalue weighted by molar-refractivity contribution is -0.122. The molecule has 0 radical (unpaired) electrons. The van der Waals surface area contributed by atoms with Crippen LogP contribution in [-0.2, 0) is 9.53 Å². The van der Waals surface area contributed by atoms with Gasteiger partial charge in [-0.25, -0.2) is 5.84 Å². The smallest absolute Gasteiger partial charge is 0.235 e. The second-order valence-corrected chi connectivity index (χ2v) is 4.34. The van der Waals surface area contributed by atoms with E-state index in [2.05, 4.69) is 17.2 Å². The fourth-order valence-electron chi connectivity index (χ4n) is 2.19. The van der Waals surface area contributed by atoms with E-state index in [1.54, 1.807) is 0 Å². The molecule has 0 aromatic rings. The van der Waals surface area contributed by atoms with Gasteiger partial charge in [-0.2, -0.15) is 0 Å². The van der Waals surface area contributed by atoms with E-state index in [4.69, 9.17) is 10.6 Å². The number of nitrogens with zero attached hydrogens (tertiary/aromatic N) is 1. The maximum absolute atomic E-state index is 11.2. The van der Waals surface area contributed by atoms with Crippen LogP contribution in [-0.4, -0.2) is 42.6 Å². The SMILES string of the molecule is CCOC1CCCN(C(C)CC(=O)NN)C1. The Bertz CT molecular complexity index is 221. The lowest BCUT2D eigenvalue weighted by Crippen LogP contribution is -2.46. The maximum Gasteiger partial charge on any atom is 0.235 e. The van der Waals surface area contributed by atoms with Gasteiger partial charge >= 0.3 is 0 Å². The third-order valence-corrected chi connectivity index (χ3v) is 3.08. The second-order valence-electron chi connectivity index (χ2n) is 4.34. The van der Waals surface area contributed by atoms with Crippen LogP contribution in [0.5, 0.6) is 0 Å². The van der Waals surface area contributed by atoms with Gasteiger partial charge in [-0.05, 0) is 33.2 Å². The molecule has 0 aromatic heterocycles. The Kier molecular flexibility index (Phi) is 5.73. The number of hydrogen-bond acceptors (Lipinski definition) is 4. The quantitative estimate of drug-likeness (QED) is 0.403. The van der Waals surface area contributed by atoms with Gasteiger partial charge in [-0.3, -0.25) is 15.1 Å². The third-order valence-electron chi connectivity index (χ3n) is 3.08. The van der Waals surface area contributed by atoms with Crippen LogP contribution in [0.15, 0.2) is 0 Å². The minimum absolute atomic E-state index is 0.106. The second kappa shape index (κ2) is 6.83. The van der Waals surface area contributed by atoms with Gasteiger partial charge in [0.1, 0.15) is 0 Å². The summed E-state index contributed by atoms with van der Waals surface area (Å²) in [5.41, 5.74) is 2.17. The van der Waals surface area contributed by atoms with Crippen molar-refractivity contribution in [3.8, 4) is 0 Å². The molecular weight excluding hydrogens is 206 g/mol. The molecule has 0 bridgehead atoms. The molecule has 0 aromatic carbocycles. The molecule has 1 fully saturated rings. The predicted octanol–water partition coefficient (Wildman–Crippen LogP) is 0.256. The number of nitrogens with one attached hydrogen (secondary N) is 1. The van der Waals surface area contributed by atoms with Crippen molar-refractivity contribution >= 4 is 5.91 Å². The van der Waals surface area contributed by atoms with Crippen LogP contribution >= 0.6 is 0 Å². The third kappa shape index (κ3) is 4.08. The summed E-state index contributed by atoms with van der Waals surface area (Å²) >= 11 is 0. The number of piperidine rings is 1. The predicted molar refractivity (Wildman–Crippen MR) is 62.6 cm³/mol. The number of likely N-dealkylation sites (tertiary alicyclic amines) is 1. The first-order valence-electron chi connectivity index (χ1n) is 6.02. The molecule has 94 valence electrons. The molecule has 5 heteroatoms. The lowest BCUT2D eigenvalue weighted by Gasteiger charge is -2.36. The van der Waals surface area contributed by atoms with E-state index in [-0.39, 0.29) is 11.9 Å². The molecule has 0 saturated carbocycles. The van der Waals surface area contributed by atoms with Gasteiger partial charge in [-0.1, -0.05) is 0 Å². The first-order valence-corrected chi connectivity index (χ1v) is 6.02. The minimum atomic E-state index is -0.106. The Hall–Kier alpha value is -0.650. The van der Waals surface area contributed by atoms with Gasteiger partial charge in [0.25, 0.3) is 0 Å². The van der Waals surface area contributed by atoms with Gasteiger partial charge in [0.05, 0.1) is 6.10 Å². The minimum Gasteiger partial charge on any atom is -0.377 e. The number of hydrogen-bond donors (Lipinski definition) is 2. The Morgan fingerprint density at radius 2 is 2.44 bits per heavy atom. The van der Waals surface area contributed by atoms with Crippen LogP contribution in [0.1, 0.15) is 33.1 Å². The van der Waals surface area contributed by atoms with Gasteiger partial charge in [-0.15, -0.1) is 0 Å². The first kappa shape index (κ1) is 13.4. The summed E-state index contributed by atoms with van der Waals surface area (Å²) in [7, 11) is 0. The molecule has 2 unspecified atom stereocenters. The van der Waals surface area contributed by atoms with Crippen LogP contribution < -0.4 is 11.3 Å². The number of amides is 1. The maximum atomic E-state index is 11.2. The van der Waals surface area contributed by atoms with E-state index in [0.29, 0.717) is 12.5 Å². The van der Waals surface area contributed by atoms with Crippen molar-refractivity contribution in [1.82, 2.24) is 10.3 Å². The highest BCUT2D eigenvalue weighted by Crippen LogP contribution is 2.16. The lowest BCUT2D eigenvalue weighted by atomic mass is 10.0. The summed E-state index contributed by atoms with van der Waals surface area (Å²) in [6.07, 6.45) is 3.04. The molecule has 3 N–H and O–H groups in total. The molecule has 1 saturated heterocycles. The summed E-state index contributed by atoms with van der Waals surface area (Å²) in [6, 6.07) is 0.229. The van der Waals surface area contributed by atoms with Crippen molar-refractivity contribution in [2.24, 2.45) is 5.84 Å². The number of carbonyl (C=O) groups is 1. The number of ether oxygens (including phenoxy) is 1. The molecule has 1 amide bonds. The number of nitrogens with two attached hydrogens (primary N) is 1. The zero-order valence-corrected chi connectivity index (χ0v) is 10.2. The average Bonchev–Trinajstić information content (AvgIpc) is 2.29. The van der Waals surface area contributed by atoms with Gasteiger partial charge in [0, 0.05) is 25.6 Å². The van der Waals surface area contributed by atoms with Gasteiger partial charge < -0.3 is 4.74 Å². The standard InChI is InChI=1S/C11H23N3O2/c1-3-16-10-5-4-6-14(8-10)9(2)7-11(15)13-12/h9-10H,3-8,12H2,1-2H3,(H,13,15). The fourth-order valence-corrected chi connectivity index (χ4v) is 2.19. The first-order chi connectivity index (χ1) is 7.67. The molecule has 1 heterocycles. The molecule has 0 aliphatic carbocycles. The Morgan fingerprint density at radius 1 is 1.69 bits per heavy atom. The van der Waals surface area contributed by atoms with Crippen molar-refractivity contribution in [3.05, 3.63) is 0 Å². The average molecular weight is 229 g/mol. The summed E-state index contributed by atoms with van der Waals surface area (Å²) in [6.45, 7) is 6.80. The topological polar surface area (TPSA) is 67.6 Å². The summed E-state index contributed by atoms with van der Waals surface area (Å²) in [5, 5.41) is 0. The molecule has 2 atom stereocenters. The highest BCUT2D eigenvalue weighted by molar-refractivity contribution is 5.75. The van der Waals surface area contributed by atoms with Crippen LogP contribution in [0.3, 0.4) is 0 Å². The molecule has 1 aliphatic heterocycles. The highest BCUT2D eigenvalue weighted by atomic mass is 16.5. The summed E-state index contributed by atoms with van der Waals surface area (Å²) in [5.74, 6) is 4.98. The van der Waals surface area contributed by atoms with Gasteiger partial charge in [0.15, 0.2) is 0 Å². The highest BCUT2D eigenvalue weighted by Gasteiger charge is 2.24. The molecule has 5 nitrogen and oxygen atoms in total. The summed E-state index contributed by atoms with van der Waals surface area (Å²) < 4.78 is 5.63. The Labute approximate surface area is 97.3 Å². The monoisotopic (exact) mass is 229 g/mol. The van der Waals surface area contributed by atoms with Crippen molar-refractivity contribution in [3.63, 3.8) is 0 Å². The van der Waals surface area contributed by atoms with E-state index >= 15 is 0 Å².